The van der Waals surface area contributed by atoms with Crippen molar-refractivity contribution < 1.29 is 22.0 Å². The number of nitrogens with zero attached hydrogens (tertiary/aromatic N) is 3. The molecule has 0 aliphatic heterocycles. The Bertz CT molecular complexity index is 1420. The first kappa shape index (κ1) is 24.2. The first-order valence-corrected chi connectivity index (χ1v) is 12.1. The summed E-state index contributed by atoms with van der Waals surface area (Å²) < 4.78 is 54.4. The molecule has 180 valence electrons. The SMILES string of the molecule is CN(CC(=O)NCc1cn(-c2ccccc2)nc1-c1ccc(F)cc1)S(=O)(=O)c1ccc(F)cc1. The zero-order valence-corrected chi connectivity index (χ0v) is 19.5. The zero-order chi connectivity index (χ0) is 25.0. The van der Waals surface area contributed by atoms with Crippen LogP contribution in [-0.4, -0.2) is 42.0 Å². The van der Waals surface area contributed by atoms with Crippen molar-refractivity contribution in [3.63, 3.8) is 0 Å². The van der Waals surface area contributed by atoms with Crippen LogP contribution in [0.5, 0.6) is 0 Å². The lowest BCUT2D eigenvalue weighted by atomic mass is 10.1. The Balaban J connectivity index is 1.51. The Hall–Kier alpha value is -3.89. The molecule has 0 aliphatic carbocycles. The molecule has 3 aromatic carbocycles. The Labute approximate surface area is 201 Å². The van der Waals surface area contributed by atoms with Gasteiger partial charge in [0.05, 0.1) is 22.8 Å². The Kier molecular flexibility index (Phi) is 7.04. The minimum absolute atomic E-state index is 0.0722. The van der Waals surface area contributed by atoms with E-state index in [-0.39, 0.29) is 17.3 Å². The second kappa shape index (κ2) is 10.2. The van der Waals surface area contributed by atoms with Gasteiger partial charge in [0, 0.05) is 30.9 Å². The lowest BCUT2D eigenvalue weighted by Crippen LogP contribution is -2.38. The first-order valence-electron chi connectivity index (χ1n) is 10.6. The van der Waals surface area contributed by atoms with Gasteiger partial charge in [0.1, 0.15) is 11.6 Å². The van der Waals surface area contributed by atoms with Crippen molar-refractivity contribution in [1.29, 1.82) is 0 Å². The molecular weight excluding hydrogens is 474 g/mol. The van der Waals surface area contributed by atoms with Crippen molar-refractivity contribution in [1.82, 2.24) is 19.4 Å². The third kappa shape index (κ3) is 5.61. The average molecular weight is 497 g/mol. The topological polar surface area (TPSA) is 84.3 Å². The van der Waals surface area contributed by atoms with Crippen LogP contribution in [-0.2, 0) is 21.4 Å². The van der Waals surface area contributed by atoms with E-state index in [1.54, 1.807) is 23.0 Å². The van der Waals surface area contributed by atoms with Crippen LogP contribution in [0.2, 0.25) is 0 Å². The number of hydrogen-bond acceptors (Lipinski definition) is 4. The predicted molar refractivity (Wildman–Crippen MR) is 127 cm³/mol. The molecule has 1 amide bonds. The second-order valence-corrected chi connectivity index (χ2v) is 9.83. The molecule has 0 saturated heterocycles. The second-order valence-electron chi connectivity index (χ2n) is 7.78. The molecule has 0 bridgehead atoms. The maximum atomic E-state index is 13.4. The van der Waals surface area contributed by atoms with Crippen LogP contribution in [0.25, 0.3) is 16.9 Å². The molecule has 4 aromatic rings. The van der Waals surface area contributed by atoms with Crippen LogP contribution in [0.4, 0.5) is 8.78 Å². The van der Waals surface area contributed by atoms with E-state index in [4.69, 9.17) is 0 Å². The van der Waals surface area contributed by atoms with Crippen LogP contribution in [0.3, 0.4) is 0 Å². The van der Waals surface area contributed by atoms with E-state index in [0.29, 0.717) is 16.8 Å². The average Bonchev–Trinajstić information content (AvgIpc) is 3.28. The summed E-state index contributed by atoms with van der Waals surface area (Å²) in [4.78, 5) is 12.5. The van der Waals surface area contributed by atoms with Gasteiger partial charge in [-0.25, -0.2) is 21.9 Å². The molecule has 0 atom stereocenters. The number of carbonyl (C=O) groups excluding carboxylic acids is 1. The number of rotatable bonds is 8. The molecule has 0 radical (unpaired) electrons. The van der Waals surface area contributed by atoms with Gasteiger partial charge in [-0.15, -0.1) is 0 Å². The van der Waals surface area contributed by atoms with E-state index < -0.39 is 28.3 Å². The van der Waals surface area contributed by atoms with Crippen molar-refractivity contribution in [2.75, 3.05) is 13.6 Å². The fourth-order valence-electron chi connectivity index (χ4n) is 3.43. The highest BCUT2D eigenvalue weighted by molar-refractivity contribution is 7.89. The van der Waals surface area contributed by atoms with Gasteiger partial charge in [-0.2, -0.15) is 9.40 Å². The molecule has 7 nitrogen and oxygen atoms in total. The summed E-state index contributed by atoms with van der Waals surface area (Å²) in [6.07, 6.45) is 1.76. The normalized spacial score (nSPS) is 11.5. The predicted octanol–water partition coefficient (Wildman–Crippen LogP) is 3.75. The van der Waals surface area contributed by atoms with Crippen molar-refractivity contribution in [2.45, 2.75) is 11.4 Å². The number of aromatic nitrogens is 2. The van der Waals surface area contributed by atoms with Gasteiger partial charge >= 0.3 is 0 Å². The third-order valence-electron chi connectivity index (χ3n) is 5.29. The highest BCUT2D eigenvalue weighted by Crippen LogP contribution is 2.24. The third-order valence-corrected chi connectivity index (χ3v) is 7.11. The standard InChI is InChI=1S/C25H22F2N4O3S/c1-30(35(33,34)23-13-11-21(27)12-14-23)17-24(32)28-15-19-16-31(22-5-3-2-4-6-22)29-25(19)18-7-9-20(26)10-8-18/h2-14,16H,15,17H2,1H3,(H,28,32). The van der Waals surface area contributed by atoms with Crippen LogP contribution >= 0.6 is 0 Å². The number of carbonyl (C=O) groups is 1. The maximum absolute atomic E-state index is 13.4. The van der Waals surface area contributed by atoms with Gasteiger partial charge in [0.25, 0.3) is 0 Å². The molecule has 0 saturated carbocycles. The molecule has 1 aromatic heterocycles. The Morgan fingerprint density at radius 3 is 2.17 bits per heavy atom. The van der Waals surface area contributed by atoms with Gasteiger partial charge in [-0.05, 0) is 60.7 Å². The molecular formula is C25H22F2N4O3S. The van der Waals surface area contributed by atoms with Crippen LogP contribution < -0.4 is 5.32 Å². The van der Waals surface area contributed by atoms with E-state index in [1.165, 1.54) is 19.2 Å². The van der Waals surface area contributed by atoms with Gasteiger partial charge < -0.3 is 5.32 Å². The monoisotopic (exact) mass is 496 g/mol. The molecule has 1 N–H and O–H groups in total. The van der Waals surface area contributed by atoms with E-state index in [9.17, 15) is 22.0 Å². The summed E-state index contributed by atoms with van der Waals surface area (Å²) in [6.45, 7) is -0.360. The summed E-state index contributed by atoms with van der Waals surface area (Å²) in [6, 6.07) is 19.6. The minimum atomic E-state index is -3.97. The van der Waals surface area contributed by atoms with E-state index in [1.807, 2.05) is 30.3 Å². The summed E-state index contributed by atoms with van der Waals surface area (Å²) in [5, 5.41) is 7.33. The lowest BCUT2D eigenvalue weighted by Gasteiger charge is -2.17. The van der Waals surface area contributed by atoms with Gasteiger partial charge in [0.2, 0.25) is 15.9 Å². The molecule has 0 fully saturated rings. The molecule has 0 aliphatic rings. The fourth-order valence-corrected chi connectivity index (χ4v) is 4.55. The first-order chi connectivity index (χ1) is 16.7. The quantitative estimate of drug-likeness (QED) is 0.403. The van der Waals surface area contributed by atoms with E-state index in [2.05, 4.69) is 10.4 Å². The smallest absolute Gasteiger partial charge is 0.243 e. The minimum Gasteiger partial charge on any atom is -0.351 e. The summed E-state index contributed by atoms with van der Waals surface area (Å²) in [5.74, 6) is -1.47. The van der Waals surface area contributed by atoms with Crippen molar-refractivity contribution >= 4 is 15.9 Å². The van der Waals surface area contributed by atoms with Gasteiger partial charge in [-0.3, -0.25) is 4.79 Å². The number of benzene rings is 3. The highest BCUT2D eigenvalue weighted by Gasteiger charge is 2.23. The number of para-hydroxylation sites is 1. The van der Waals surface area contributed by atoms with Crippen LogP contribution in [0, 0.1) is 11.6 Å². The molecule has 0 unspecified atom stereocenters. The van der Waals surface area contributed by atoms with Gasteiger partial charge in [0.15, 0.2) is 0 Å². The Morgan fingerprint density at radius 2 is 1.54 bits per heavy atom. The maximum Gasteiger partial charge on any atom is 0.243 e. The Morgan fingerprint density at radius 1 is 0.943 bits per heavy atom. The van der Waals surface area contributed by atoms with Crippen molar-refractivity contribution in [2.24, 2.45) is 0 Å². The molecule has 35 heavy (non-hydrogen) atoms. The van der Waals surface area contributed by atoms with E-state index in [0.717, 1.165) is 34.3 Å². The summed E-state index contributed by atoms with van der Waals surface area (Å²) >= 11 is 0. The number of hydrogen-bond donors (Lipinski definition) is 1. The number of nitrogens with one attached hydrogen (secondary N) is 1. The summed E-state index contributed by atoms with van der Waals surface area (Å²) in [7, 11) is -2.69. The van der Waals surface area contributed by atoms with Crippen LogP contribution in [0.1, 0.15) is 5.56 Å². The molecule has 10 heteroatoms. The largest absolute Gasteiger partial charge is 0.351 e. The van der Waals surface area contributed by atoms with Crippen molar-refractivity contribution in [3.8, 4) is 16.9 Å². The van der Waals surface area contributed by atoms with Crippen molar-refractivity contribution in [3.05, 3.63) is 102 Å². The summed E-state index contributed by atoms with van der Waals surface area (Å²) in [5.41, 5.74) is 2.69. The number of sulfonamides is 1. The highest BCUT2D eigenvalue weighted by atomic mass is 32.2. The number of likely N-dealkylation sites (N-methyl/N-ethyl adjacent to an activating group) is 1. The van der Waals surface area contributed by atoms with Gasteiger partial charge in [-0.1, -0.05) is 18.2 Å². The molecule has 4 rings (SSSR count). The number of halogens is 2. The lowest BCUT2D eigenvalue weighted by molar-refractivity contribution is -0.121. The molecule has 0 spiro atoms. The fraction of sp³-hybridized carbons (Fsp3) is 0.120. The van der Waals surface area contributed by atoms with Crippen LogP contribution in [0.15, 0.2) is 90.0 Å². The molecule has 1 heterocycles. The number of amides is 1. The zero-order valence-electron chi connectivity index (χ0n) is 18.7. The van der Waals surface area contributed by atoms with E-state index >= 15 is 0 Å².